The lowest BCUT2D eigenvalue weighted by Crippen LogP contribution is -2.41. The summed E-state index contributed by atoms with van der Waals surface area (Å²) in [6, 6.07) is 3.71. The Labute approximate surface area is 185 Å². The second-order valence-electron chi connectivity index (χ2n) is 8.77. The molecule has 0 spiro atoms. The van der Waals surface area contributed by atoms with Crippen molar-refractivity contribution in [2.24, 2.45) is 11.8 Å². The molecule has 3 aromatic rings. The predicted molar refractivity (Wildman–Crippen MR) is 119 cm³/mol. The minimum absolute atomic E-state index is 0.237. The molecule has 0 saturated heterocycles. The van der Waals surface area contributed by atoms with Crippen molar-refractivity contribution in [1.82, 2.24) is 18.7 Å². The summed E-state index contributed by atoms with van der Waals surface area (Å²) in [5.74, 6) is 2.51. The third kappa shape index (κ3) is 3.65. The average Bonchev–Trinajstić information content (AvgIpc) is 3.73. The maximum absolute atomic E-state index is 13.4. The quantitative estimate of drug-likeness (QED) is 0.507. The molecule has 1 aromatic carbocycles. The van der Waals surface area contributed by atoms with Crippen molar-refractivity contribution in [3.63, 3.8) is 0 Å². The smallest absolute Gasteiger partial charge is 0.332 e. The van der Waals surface area contributed by atoms with Crippen molar-refractivity contribution >= 4 is 11.2 Å². The Hall–Kier alpha value is -3.23. The van der Waals surface area contributed by atoms with Crippen molar-refractivity contribution in [3.8, 4) is 17.2 Å². The van der Waals surface area contributed by atoms with Crippen molar-refractivity contribution in [1.29, 1.82) is 0 Å². The van der Waals surface area contributed by atoms with Gasteiger partial charge in [-0.05, 0) is 55.2 Å². The van der Waals surface area contributed by atoms with Gasteiger partial charge >= 0.3 is 5.69 Å². The minimum Gasteiger partial charge on any atom is -0.493 e. The van der Waals surface area contributed by atoms with Gasteiger partial charge in [-0.25, -0.2) is 9.78 Å². The van der Waals surface area contributed by atoms with E-state index in [0.717, 1.165) is 31.2 Å². The molecule has 2 heterocycles. The number of rotatable bonds is 9. The van der Waals surface area contributed by atoms with Crippen molar-refractivity contribution in [3.05, 3.63) is 44.9 Å². The van der Waals surface area contributed by atoms with Gasteiger partial charge in [-0.3, -0.25) is 13.9 Å². The van der Waals surface area contributed by atoms with Gasteiger partial charge in [0.25, 0.3) is 5.56 Å². The molecule has 9 heteroatoms. The number of methoxy groups -OCH3 is 3. The van der Waals surface area contributed by atoms with Gasteiger partial charge in [-0.2, -0.15) is 0 Å². The number of benzene rings is 1. The molecule has 0 N–H and O–H groups in total. The van der Waals surface area contributed by atoms with Crippen LogP contribution in [0.25, 0.3) is 11.2 Å². The van der Waals surface area contributed by atoms with E-state index in [1.54, 1.807) is 32.2 Å². The van der Waals surface area contributed by atoms with Gasteiger partial charge in [-0.15, -0.1) is 0 Å². The summed E-state index contributed by atoms with van der Waals surface area (Å²) in [4.78, 5) is 31.1. The minimum atomic E-state index is -0.270. The van der Waals surface area contributed by atoms with Crippen LogP contribution in [0.3, 0.4) is 0 Å². The van der Waals surface area contributed by atoms with Crippen LogP contribution in [0.1, 0.15) is 31.2 Å². The van der Waals surface area contributed by atoms with E-state index in [-0.39, 0.29) is 11.2 Å². The number of nitrogens with zero attached hydrogens (tertiary/aromatic N) is 4. The van der Waals surface area contributed by atoms with E-state index in [9.17, 15) is 9.59 Å². The fourth-order valence-electron chi connectivity index (χ4n) is 4.22. The van der Waals surface area contributed by atoms with Crippen molar-refractivity contribution < 1.29 is 14.2 Å². The standard InChI is InChI=1S/C23H28N4O5/c1-30-17-8-16(9-18(31-2)20(17)32-3)10-25-13-24-21-19(25)22(28)27(12-15-6-7-15)23(29)26(21)11-14-4-5-14/h8-9,13-15H,4-7,10-12H2,1-3H3. The highest BCUT2D eigenvalue weighted by molar-refractivity contribution is 5.70. The summed E-state index contributed by atoms with van der Waals surface area (Å²) >= 11 is 0. The SMILES string of the molecule is COc1cc(Cn2cnc3c2c(=O)n(CC2CC2)c(=O)n3CC2CC2)cc(OC)c1OC. The molecule has 2 aliphatic rings. The molecule has 0 radical (unpaired) electrons. The predicted octanol–water partition coefficient (Wildman–Crippen LogP) is 2.25. The lowest BCUT2D eigenvalue weighted by atomic mass is 10.1. The zero-order valence-corrected chi connectivity index (χ0v) is 18.7. The highest BCUT2D eigenvalue weighted by Crippen LogP contribution is 2.38. The summed E-state index contributed by atoms with van der Waals surface area (Å²) in [5, 5.41) is 0. The van der Waals surface area contributed by atoms with Crippen LogP contribution < -0.4 is 25.5 Å². The highest BCUT2D eigenvalue weighted by Gasteiger charge is 2.29. The molecule has 0 bridgehead atoms. The van der Waals surface area contributed by atoms with Crippen LogP contribution in [0, 0.1) is 11.8 Å². The summed E-state index contributed by atoms with van der Waals surface area (Å²) in [6.07, 6.45) is 6.00. The fraction of sp³-hybridized carbons (Fsp3) is 0.522. The van der Waals surface area contributed by atoms with Gasteiger partial charge in [0.1, 0.15) is 0 Å². The molecule has 2 aromatic heterocycles. The van der Waals surface area contributed by atoms with E-state index in [4.69, 9.17) is 14.2 Å². The third-order valence-corrected chi connectivity index (χ3v) is 6.34. The largest absolute Gasteiger partial charge is 0.493 e. The van der Waals surface area contributed by atoms with Crippen molar-refractivity contribution in [2.75, 3.05) is 21.3 Å². The van der Waals surface area contributed by atoms with Gasteiger partial charge < -0.3 is 18.8 Å². The van der Waals surface area contributed by atoms with Gasteiger partial charge in [0, 0.05) is 19.6 Å². The zero-order valence-electron chi connectivity index (χ0n) is 18.7. The first-order chi connectivity index (χ1) is 15.5. The molecule has 2 saturated carbocycles. The maximum Gasteiger partial charge on any atom is 0.332 e. The molecule has 170 valence electrons. The van der Waals surface area contributed by atoms with Crippen LogP contribution in [-0.4, -0.2) is 40.0 Å². The van der Waals surface area contributed by atoms with Crippen LogP contribution in [0.2, 0.25) is 0 Å². The van der Waals surface area contributed by atoms with Crippen molar-refractivity contribution in [2.45, 2.75) is 45.3 Å². The Morgan fingerprint density at radius 1 is 0.906 bits per heavy atom. The van der Waals surface area contributed by atoms with E-state index in [0.29, 0.717) is 59.9 Å². The lowest BCUT2D eigenvalue weighted by molar-refractivity contribution is 0.323. The van der Waals surface area contributed by atoms with Gasteiger partial charge in [0.2, 0.25) is 5.75 Å². The summed E-state index contributed by atoms with van der Waals surface area (Å²) in [7, 11) is 4.70. The number of fused-ring (bicyclic) bond motifs is 1. The lowest BCUT2D eigenvalue weighted by Gasteiger charge is -2.15. The van der Waals surface area contributed by atoms with Crippen LogP contribution >= 0.6 is 0 Å². The Balaban J connectivity index is 1.62. The normalized spacial score (nSPS) is 15.8. The van der Waals surface area contributed by atoms with E-state index in [2.05, 4.69) is 4.98 Å². The maximum atomic E-state index is 13.4. The molecule has 0 unspecified atom stereocenters. The molecule has 0 atom stereocenters. The molecule has 9 nitrogen and oxygen atoms in total. The molecular weight excluding hydrogens is 412 g/mol. The Morgan fingerprint density at radius 2 is 1.50 bits per heavy atom. The molecule has 2 aliphatic carbocycles. The van der Waals surface area contributed by atoms with Crippen LogP contribution in [0.4, 0.5) is 0 Å². The topological polar surface area (TPSA) is 89.5 Å². The van der Waals surface area contributed by atoms with Crippen LogP contribution in [0.5, 0.6) is 17.2 Å². The molecule has 32 heavy (non-hydrogen) atoms. The number of hydrogen-bond donors (Lipinski definition) is 0. The van der Waals surface area contributed by atoms with Gasteiger partial charge in [0.15, 0.2) is 22.7 Å². The Kier molecular flexibility index (Phi) is 5.19. The van der Waals surface area contributed by atoms with Crippen LogP contribution in [0.15, 0.2) is 28.0 Å². The number of imidazole rings is 1. The summed E-state index contributed by atoms with van der Waals surface area (Å²) < 4.78 is 21.3. The molecule has 0 aliphatic heterocycles. The first-order valence-corrected chi connectivity index (χ1v) is 11.0. The molecular formula is C23H28N4O5. The van der Waals surface area contributed by atoms with E-state index < -0.39 is 0 Å². The van der Waals surface area contributed by atoms with Gasteiger partial charge in [-0.1, -0.05) is 0 Å². The van der Waals surface area contributed by atoms with Gasteiger partial charge in [0.05, 0.1) is 27.7 Å². The second kappa shape index (κ2) is 8.03. The summed E-state index contributed by atoms with van der Waals surface area (Å²) in [5.41, 5.74) is 1.28. The molecule has 0 amide bonds. The molecule has 5 rings (SSSR count). The van der Waals surface area contributed by atoms with E-state index >= 15 is 0 Å². The first kappa shape index (κ1) is 20.7. The number of aromatic nitrogens is 4. The highest BCUT2D eigenvalue weighted by atomic mass is 16.5. The van der Waals surface area contributed by atoms with Crippen LogP contribution in [-0.2, 0) is 19.6 Å². The first-order valence-electron chi connectivity index (χ1n) is 11.0. The average molecular weight is 441 g/mol. The van der Waals surface area contributed by atoms with E-state index in [1.807, 2.05) is 16.7 Å². The number of ether oxygens (including phenoxy) is 3. The van der Waals surface area contributed by atoms with E-state index in [1.165, 1.54) is 4.57 Å². The number of hydrogen-bond acceptors (Lipinski definition) is 6. The zero-order chi connectivity index (χ0) is 22.4. The monoisotopic (exact) mass is 440 g/mol. The second-order valence-corrected chi connectivity index (χ2v) is 8.77. The Bertz CT molecular complexity index is 1250. The Morgan fingerprint density at radius 3 is 2.03 bits per heavy atom. The third-order valence-electron chi connectivity index (χ3n) is 6.34. The fourth-order valence-corrected chi connectivity index (χ4v) is 4.22. The molecule has 2 fully saturated rings. The summed E-state index contributed by atoms with van der Waals surface area (Å²) in [6.45, 7) is 1.47.